The highest BCUT2D eigenvalue weighted by Gasteiger charge is 2.27. The lowest BCUT2D eigenvalue weighted by molar-refractivity contribution is 0.241. The van der Waals surface area contributed by atoms with Crippen LogP contribution in [-0.4, -0.2) is 23.0 Å². The highest BCUT2D eigenvalue weighted by Crippen LogP contribution is 2.31. The van der Waals surface area contributed by atoms with Gasteiger partial charge in [-0.3, -0.25) is 4.99 Å². The Balaban J connectivity index is 1.74. The Kier molecular flexibility index (Phi) is 4.99. The summed E-state index contributed by atoms with van der Waals surface area (Å²) in [4.78, 5) is 4.68. The summed E-state index contributed by atoms with van der Waals surface area (Å²) >= 11 is 1.97. The molecule has 4 unspecified atom stereocenters. The van der Waals surface area contributed by atoms with Crippen LogP contribution in [0.1, 0.15) is 53.4 Å². The lowest BCUT2D eigenvalue weighted by atomic mass is 9.79. The highest BCUT2D eigenvalue weighted by atomic mass is 32.2. The first-order chi connectivity index (χ1) is 8.54. The van der Waals surface area contributed by atoms with Gasteiger partial charge in [-0.1, -0.05) is 39.5 Å². The fourth-order valence-electron chi connectivity index (χ4n) is 3.00. The molecule has 0 aromatic heterocycles. The van der Waals surface area contributed by atoms with Crippen molar-refractivity contribution in [3.63, 3.8) is 0 Å². The molecule has 104 valence electrons. The lowest BCUT2D eigenvalue weighted by Crippen LogP contribution is -2.38. The third kappa shape index (κ3) is 3.91. The van der Waals surface area contributed by atoms with Gasteiger partial charge in [-0.05, 0) is 43.4 Å². The summed E-state index contributed by atoms with van der Waals surface area (Å²) < 4.78 is 0. The highest BCUT2D eigenvalue weighted by molar-refractivity contribution is 8.14. The van der Waals surface area contributed by atoms with Gasteiger partial charge in [-0.15, -0.1) is 0 Å². The van der Waals surface area contributed by atoms with Crippen molar-refractivity contribution in [2.24, 2.45) is 22.7 Å². The number of hydrogen-bond acceptors (Lipinski definition) is 3. The molecule has 0 radical (unpaired) electrons. The fourth-order valence-corrected chi connectivity index (χ4v) is 4.33. The monoisotopic (exact) mass is 268 g/mol. The van der Waals surface area contributed by atoms with Gasteiger partial charge in [0.15, 0.2) is 5.17 Å². The summed E-state index contributed by atoms with van der Waals surface area (Å²) in [5, 5.41) is 5.62. The second-order valence-electron chi connectivity index (χ2n) is 6.62. The third-order valence-corrected chi connectivity index (χ3v) is 5.52. The Bertz CT molecular complexity index is 301. The molecule has 1 aliphatic carbocycles. The van der Waals surface area contributed by atoms with Crippen LogP contribution in [0.3, 0.4) is 0 Å². The molecule has 4 atom stereocenters. The van der Waals surface area contributed by atoms with Crippen LogP contribution in [0.5, 0.6) is 0 Å². The molecular weight excluding hydrogens is 240 g/mol. The van der Waals surface area contributed by atoms with Gasteiger partial charge in [0, 0.05) is 11.3 Å². The Hall–Kier alpha value is -0.180. The van der Waals surface area contributed by atoms with Gasteiger partial charge in [-0.25, -0.2) is 0 Å². The van der Waals surface area contributed by atoms with Gasteiger partial charge in [-0.2, -0.15) is 0 Å². The molecule has 0 bridgehead atoms. The number of thioether (sulfide) groups is 1. The molecular formula is C15H28N2S. The minimum absolute atomic E-state index is 0.667. The van der Waals surface area contributed by atoms with E-state index in [0.717, 1.165) is 24.3 Å². The minimum Gasteiger partial charge on any atom is -0.362 e. The zero-order valence-corrected chi connectivity index (χ0v) is 13.1. The van der Waals surface area contributed by atoms with Crippen LogP contribution in [0.25, 0.3) is 0 Å². The van der Waals surface area contributed by atoms with Crippen LogP contribution < -0.4 is 5.32 Å². The van der Waals surface area contributed by atoms with Crippen molar-refractivity contribution in [1.82, 2.24) is 5.32 Å². The Morgan fingerprint density at radius 2 is 2.06 bits per heavy atom. The average Bonchev–Trinajstić information content (AvgIpc) is 2.70. The van der Waals surface area contributed by atoms with E-state index in [-0.39, 0.29) is 0 Å². The SMILES string of the molecule is CC(C)CC1CN=C(NC2CCC(C)C(C)C2)S1. The van der Waals surface area contributed by atoms with Crippen LogP contribution in [-0.2, 0) is 0 Å². The molecule has 0 spiro atoms. The van der Waals surface area contributed by atoms with E-state index in [1.165, 1.54) is 30.9 Å². The number of rotatable bonds is 3. The standard InChI is InChI=1S/C15H28N2S/c1-10(2)7-14-9-16-15(18-14)17-13-6-5-11(3)12(4)8-13/h10-14H,5-9H2,1-4H3,(H,16,17). The van der Waals surface area contributed by atoms with Crippen molar-refractivity contribution in [1.29, 1.82) is 0 Å². The molecule has 1 N–H and O–H groups in total. The van der Waals surface area contributed by atoms with Crippen LogP contribution in [0.2, 0.25) is 0 Å². The predicted octanol–water partition coefficient (Wildman–Crippen LogP) is 3.92. The van der Waals surface area contributed by atoms with Crippen molar-refractivity contribution in [2.45, 2.75) is 64.7 Å². The van der Waals surface area contributed by atoms with Crippen molar-refractivity contribution >= 4 is 16.9 Å². The number of nitrogens with zero attached hydrogens (tertiary/aromatic N) is 1. The van der Waals surface area contributed by atoms with Crippen LogP contribution in [0, 0.1) is 17.8 Å². The molecule has 0 aromatic rings. The van der Waals surface area contributed by atoms with E-state index >= 15 is 0 Å². The molecule has 18 heavy (non-hydrogen) atoms. The van der Waals surface area contributed by atoms with Gasteiger partial charge in [0.2, 0.25) is 0 Å². The van der Waals surface area contributed by atoms with Crippen molar-refractivity contribution in [3.05, 3.63) is 0 Å². The second-order valence-corrected chi connectivity index (χ2v) is 7.91. The van der Waals surface area contributed by atoms with E-state index in [4.69, 9.17) is 0 Å². The van der Waals surface area contributed by atoms with E-state index in [0.29, 0.717) is 11.3 Å². The topological polar surface area (TPSA) is 24.4 Å². The molecule has 1 saturated carbocycles. The molecule has 1 aliphatic heterocycles. The van der Waals surface area contributed by atoms with Gasteiger partial charge in [0.1, 0.15) is 0 Å². The quantitative estimate of drug-likeness (QED) is 0.839. The summed E-state index contributed by atoms with van der Waals surface area (Å²) in [5.74, 6) is 2.54. The predicted molar refractivity (Wildman–Crippen MR) is 82.2 cm³/mol. The van der Waals surface area contributed by atoms with E-state index in [2.05, 4.69) is 38.0 Å². The smallest absolute Gasteiger partial charge is 0.157 e. The maximum atomic E-state index is 4.68. The molecule has 2 nitrogen and oxygen atoms in total. The summed E-state index contributed by atoms with van der Waals surface area (Å²) in [6.07, 6.45) is 5.29. The first-order valence-electron chi connectivity index (χ1n) is 7.52. The lowest BCUT2D eigenvalue weighted by Gasteiger charge is -2.32. The number of hydrogen-bond donors (Lipinski definition) is 1. The molecule has 2 rings (SSSR count). The summed E-state index contributed by atoms with van der Waals surface area (Å²) in [7, 11) is 0. The van der Waals surface area contributed by atoms with E-state index < -0.39 is 0 Å². The summed E-state index contributed by atoms with van der Waals surface area (Å²) in [6.45, 7) is 10.4. The van der Waals surface area contributed by atoms with Crippen molar-refractivity contribution in [2.75, 3.05) is 6.54 Å². The maximum absolute atomic E-state index is 4.68. The van der Waals surface area contributed by atoms with E-state index in [9.17, 15) is 0 Å². The number of amidine groups is 1. The van der Waals surface area contributed by atoms with Crippen molar-refractivity contribution in [3.8, 4) is 0 Å². The van der Waals surface area contributed by atoms with Crippen molar-refractivity contribution < 1.29 is 0 Å². The zero-order chi connectivity index (χ0) is 13.1. The first kappa shape index (κ1) is 14.2. The van der Waals surface area contributed by atoms with Gasteiger partial charge >= 0.3 is 0 Å². The Labute approximate surface area is 116 Å². The molecule has 0 amide bonds. The number of nitrogens with one attached hydrogen (secondary N) is 1. The van der Waals surface area contributed by atoms with Gasteiger partial charge < -0.3 is 5.32 Å². The molecule has 2 aliphatic rings. The Morgan fingerprint density at radius 1 is 1.28 bits per heavy atom. The average molecular weight is 268 g/mol. The van der Waals surface area contributed by atoms with E-state index in [1.54, 1.807) is 0 Å². The fraction of sp³-hybridized carbons (Fsp3) is 0.933. The van der Waals surface area contributed by atoms with Crippen LogP contribution in [0.15, 0.2) is 4.99 Å². The van der Waals surface area contributed by atoms with Crippen LogP contribution >= 0.6 is 11.8 Å². The molecule has 1 heterocycles. The molecule has 0 saturated heterocycles. The third-order valence-electron chi connectivity index (χ3n) is 4.38. The zero-order valence-electron chi connectivity index (χ0n) is 12.3. The normalized spacial score (nSPS) is 36.8. The molecule has 3 heteroatoms. The Morgan fingerprint density at radius 3 is 2.72 bits per heavy atom. The summed E-state index contributed by atoms with van der Waals surface area (Å²) in [5.41, 5.74) is 0. The van der Waals surface area contributed by atoms with Gasteiger partial charge in [0.05, 0.1) is 6.54 Å². The molecule has 1 fully saturated rings. The number of aliphatic imine (C=N–C) groups is 1. The second kappa shape index (κ2) is 6.31. The summed E-state index contributed by atoms with van der Waals surface area (Å²) in [6, 6.07) is 0.667. The largest absolute Gasteiger partial charge is 0.362 e. The maximum Gasteiger partial charge on any atom is 0.157 e. The van der Waals surface area contributed by atoms with E-state index in [1.807, 2.05) is 11.8 Å². The molecule has 0 aromatic carbocycles. The van der Waals surface area contributed by atoms with Crippen LogP contribution in [0.4, 0.5) is 0 Å². The van der Waals surface area contributed by atoms with Gasteiger partial charge in [0.25, 0.3) is 0 Å². The minimum atomic E-state index is 0.667. The first-order valence-corrected chi connectivity index (χ1v) is 8.40.